The molecule has 0 aromatic heterocycles. The summed E-state index contributed by atoms with van der Waals surface area (Å²) < 4.78 is 0. The van der Waals surface area contributed by atoms with E-state index in [4.69, 9.17) is 0 Å². The Hall–Kier alpha value is -3.35. The molecule has 0 fully saturated rings. The molecule has 0 unspecified atom stereocenters. The lowest BCUT2D eigenvalue weighted by atomic mass is 10.2. The molecule has 0 saturated heterocycles. The van der Waals surface area contributed by atoms with Crippen LogP contribution in [-0.4, -0.2) is 37.9 Å². The second kappa shape index (κ2) is 9.22. The van der Waals surface area contributed by atoms with Crippen molar-refractivity contribution in [1.29, 1.82) is 0 Å². The zero-order valence-corrected chi connectivity index (χ0v) is 14.8. The molecule has 7 heteroatoms. The van der Waals surface area contributed by atoms with Gasteiger partial charge in [0.05, 0.1) is 6.54 Å². The summed E-state index contributed by atoms with van der Waals surface area (Å²) in [7, 11) is 1.55. The number of anilines is 2. The minimum absolute atomic E-state index is 0.0308. The number of hydrogen-bond donors (Lipinski definition) is 4. The predicted molar refractivity (Wildman–Crippen MR) is 101 cm³/mol. The van der Waals surface area contributed by atoms with E-state index >= 15 is 0 Å². The minimum atomic E-state index is -0.262. The quantitative estimate of drug-likeness (QED) is 0.610. The molecule has 7 nitrogen and oxygen atoms in total. The summed E-state index contributed by atoms with van der Waals surface area (Å²) in [6, 6.07) is 13.6. The van der Waals surface area contributed by atoms with E-state index in [1.807, 2.05) is 6.92 Å². The van der Waals surface area contributed by atoms with Gasteiger partial charge in [-0.25, -0.2) is 0 Å². The molecule has 0 aliphatic carbocycles. The lowest BCUT2D eigenvalue weighted by Crippen LogP contribution is -2.24. The van der Waals surface area contributed by atoms with Gasteiger partial charge in [-0.2, -0.15) is 0 Å². The Morgan fingerprint density at radius 1 is 0.885 bits per heavy atom. The van der Waals surface area contributed by atoms with Gasteiger partial charge < -0.3 is 21.3 Å². The number of hydrogen-bond acceptors (Lipinski definition) is 4. The molecule has 0 aliphatic rings. The van der Waals surface area contributed by atoms with Crippen molar-refractivity contribution in [2.75, 3.05) is 30.8 Å². The Morgan fingerprint density at radius 3 is 2.15 bits per heavy atom. The maximum atomic E-state index is 12.1. The molecule has 3 amide bonds. The Morgan fingerprint density at radius 2 is 1.50 bits per heavy atom. The van der Waals surface area contributed by atoms with Gasteiger partial charge in [0, 0.05) is 36.1 Å². The van der Waals surface area contributed by atoms with Crippen LogP contribution in [0.25, 0.3) is 0 Å². The number of carbonyl (C=O) groups is 3. The van der Waals surface area contributed by atoms with Crippen LogP contribution in [0.4, 0.5) is 11.4 Å². The molecule has 0 atom stereocenters. The largest absolute Gasteiger partial charge is 0.376 e. The van der Waals surface area contributed by atoms with Crippen molar-refractivity contribution in [2.45, 2.75) is 6.92 Å². The van der Waals surface area contributed by atoms with Gasteiger partial charge in [0.1, 0.15) is 0 Å². The normalized spacial score (nSPS) is 9.92. The SMILES string of the molecule is CCNC(=O)c1cccc(NCC(=O)Nc2cccc(C(=O)NC)c2)c1. The van der Waals surface area contributed by atoms with Crippen molar-refractivity contribution < 1.29 is 14.4 Å². The van der Waals surface area contributed by atoms with E-state index in [1.165, 1.54) is 0 Å². The predicted octanol–water partition coefficient (Wildman–Crippen LogP) is 1.85. The van der Waals surface area contributed by atoms with Crippen LogP contribution in [0.1, 0.15) is 27.6 Å². The molecule has 0 radical (unpaired) electrons. The summed E-state index contributed by atoms with van der Waals surface area (Å²) in [4.78, 5) is 35.6. The van der Waals surface area contributed by atoms with Gasteiger partial charge in [0.2, 0.25) is 5.91 Å². The van der Waals surface area contributed by atoms with Crippen LogP contribution in [0.5, 0.6) is 0 Å². The highest BCUT2D eigenvalue weighted by atomic mass is 16.2. The molecular formula is C19H22N4O3. The zero-order valence-electron chi connectivity index (χ0n) is 14.8. The number of rotatable bonds is 7. The fourth-order valence-electron chi connectivity index (χ4n) is 2.30. The third kappa shape index (κ3) is 5.34. The van der Waals surface area contributed by atoms with E-state index in [2.05, 4.69) is 21.3 Å². The van der Waals surface area contributed by atoms with E-state index in [0.717, 1.165) is 0 Å². The Labute approximate surface area is 152 Å². The van der Waals surface area contributed by atoms with E-state index in [0.29, 0.717) is 29.0 Å². The molecule has 136 valence electrons. The maximum Gasteiger partial charge on any atom is 0.251 e. The highest BCUT2D eigenvalue weighted by molar-refractivity contribution is 5.98. The van der Waals surface area contributed by atoms with Gasteiger partial charge in [-0.1, -0.05) is 12.1 Å². The van der Waals surface area contributed by atoms with E-state index in [9.17, 15) is 14.4 Å². The number of carbonyl (C=O) groups excluding carboxylic acids is 3. The highest BCUT2D eigenvalue weighted by Gasteiger charge is 2.08. The van der Waals surface area contributed by atoms with Crippen LogP contribution in [0.15, 0.2) is 48.5 Å². The summed E-state index contributed by atoms with van der Waals surface area (Å²) in [5.41, 5.74) is 2.19. The molecule has 26 heavy (non-hydrogen) atoms. The van der Waals surface area contributed by atoms with Crippen LogP contribution < -0.4 is 21.3 Å². The van der Waals surface area contributed by atoms with Crippen LogP contribution in [0.3, 0.4) is 0 Å². The van der Waals surface area contributed by atoms with Crippen molar-refractivity contribution in [3.05, 3.63) is 59.7 Å². The van der Waals surface area contributed by atoms with E-state index < -0.39 is 0 Å². The second-order valence-corrected chi connectivity index (χ2v) is 5.50. The van der Waals surface area contributed by atoms with Gasteiger partial charge in [-0.05, 0) is 43.3 Å². The molecule has 2 rings (SSSR count). The zero-order chi connectivity index (χ0) is 18.9. The maximum absolute atomic E-state index is 12.1. The van der Waals surface area contributed by atoms with E-state index in [-0.39, 0.29) is 24.3 Å². The lowest BCUT2D eigenvalue weighted by Gasteiger charge is -2.10. The topological polar surface area (TPSA) is 99.3 Å². The van der Waals surface area contributed by atoms with E-state index in [1.54, 1.807) is 55.6 Å². The molecule has 4 N–H and O–H groups in total. The molecule has 2 aromatic carbocycles. The van der Waals surface area contributed by atoms with Gasteiger partial charge in [-0.15, -0.1) is 0 Å². The first kappa shape index (κ1) is 19.0. The second-order valence-electron chi connectivity index (χ2n) is 5.50. The third-order valence-electron chi connectivity index (χ3n) is 3.55. The fourth-order valence-corrected chi connectivity index (χ4v) is 2.30. The average molecular weight is 354 g/mol. The van der Waals surface area contributed by atoms with Crippen LogP contribution in [0, 0.1) is 0 Å². The van der Waals surface area contributed by atoms with Crippen molar-refractivity contribution in [3.63, 3.8) is 0 Å². The first-order valence-corrected chi connectivity index (χ1v) is 8.27. The summed E-state index contributed by atoms with van der Waals surface area (Å²) in [5.74, 6) is -0.643. The standard InChI is InChI=1S/C19H22N4O3/c1-3-21-19(26)14-7-4-8-15(10-14)22-12-17(24)23-16-9-5-6-13(11-16)18(25)20-2/h4-11,22H,3,12H2,1-2H3,(H,20,25)(H,21,26)(H,23,24). The van der Waals surface area contributed by atoms with Crippen molar-refractivity contribution in [1.82, 2.24) is 10.6 Å². The third-order valence-corrected chi connectivity index (χ3v) is 3.55. The van der Waals surface area contributed by atoms with Gasteiger partial charge in [0.25, 0.3) is 11.8 Å². The molecular weight excluding hydrogens is 332 g/mol. The first-order chi connectivity index (χ1) is 12.5. The lowest BCUT2D eigenvalue weighted by molar-refractivity contribution is -0.114. The molecule has 2 aromatic rings. The van der Waals surface area contributed by atoms with Crippen LogP contribution >= 0.6 is 0 Å². The molecule has 0 bridgehead atoms. The summed E-state index contributed by atoms with van der Waals surface area (Å²) in [6.07, 6.45) is 0. The summed E-state index contributed by atoms with van der Waals surface area (Å²) in [5, 5.41) is 11.0. The summed E-state index contributed by atoms with van der Waals surface area (Å²) in [6.45, 7) is 2.43. The molecule has 0 spiro atoms. The number of nitrogens with one attached hydrogen (secondary N) is 4. The van der Waals surface area contributed by atoms with Crippen molar-refractivity contribution >= 4 is 29.1 Å². The smallest absolute Gasteiger partial charge is 0.251 e. The van der Waals surface area contributed by atoms with Gasteiger partial charge >= 0.3 is 0 Å². The average Bonchev–Trinajstić information content (AvgIpc) is 2.66. The molecule has 0 heterocycles. The Kier molecular flexibility index (Phi) is 6.73. The Balaban J connectivity index is 1.94. The minimum Gasteiger partial charge on any atom is -0.376 e. The van der Waals surface area contributed by atoms with Crippen LogP contribution in [0.2, 0.25) is 0 Å². The highest BCUT2D eigenvalue weighted by Crippen LogP contribution is 2.12. The van der Waals surface area contributed by atoms with Crippen LogP contribution in [-0.2, 0) is 4.79 Å². The number of amides is 3. The fraction of sp³-hybridized carbons (Fsp3) is 0.211. The van der Waals surface area contributed by atoms with Crippen molar-refractivity contribution in [2.24, 2.45) is 0 Å². The first-order valence-electron chi connectivity index (χ1n) is 8.27. The summed E-state index contributed by atoms with van der Waals surface area (Å²) >= 11 is 0. The van der Waals surface area contributed by atoms with Crippen molar-refractivity contribution in [3.8, 4) is 0 Å². The Bertz CT molecular complexity index is 805. The van der Waals surface area contributed by atoms with Gasteiger partial charge in [-0.3, -0.25) is 14.4 Å². The monoisotopic (exact) mass is 354 g/mol. The molecule has 0 saturated carbocycles. The van der Waals surface area contributed by atoms with Gasteiger partial charge in [0.15, 0.2) is 0 Å². The molecule has 0 aliphatic heterocycles. The number of benzene rings is 2.